The molecule has 0 saturated carbocycles. The van der Waals surface area contributed by atoms with E-state index in [2.05, 4.69) is 33.9 Å². The zero-order valence-electron chi connectivity index (χ0n) is 25.2. The minimum absolute atomic E-state index is 0.0780. The van der Waals surface area contributed by atoms with Crippen LogP contribution in [0.1, 0.15) is 38.7 Å². The van der Waals surface area contributed by atoms with Crippen LogP contribution in [0.25, 0.3) is 21.9 Å². The predicted molar refractivity (Wildman–Crippen MR) is 165 cm³/mol. The monoisotopic (exact) mass is 590 g/mol. The Morgan fingerprint density at radius 3 is 2.72 bits per heavy atom. The molecule has 43 heavy (non-hydrogen) atoms. The van der Waals surface area contributed by atoms with Gasteiger partial charge in [-0.2, -0.15) is 0 Å². The van der Waals surface area contributed by atoms with E-state index >= 15 is 0 Å². The number of nitrogens with zero attached hydrogens (tertiary/aromatic N) is 2. The van der Waals surface area contributed by atoms with Gasteiger partial charge in [-0.1, -0.05) is 19.1 Å². The number of likely N-dealkylation sites (tertiary alicyclic amines) is 2. The number of ether oxygens (including phenoxy) is 3. The van der Waals surface area contributed by atoms with Gasteiger partial charge in [0.15, 0.2) is 0 Å². The van der Waals surface area contributed by atoms with Crippen LogP contribution in [0.5, 0.6) is 17.4 Å². The number of H-pyrrole nitrogens is 1. The highest BCUT2D eigenvalue weighted by Crippen LogP contribution is 2.33. The molecule has 2 aliphatic heterocycles. The average molecular weight is 591 g/mol. The first-order valence-electron chi connectivity index (χ1n) is 15.3. The molecule has 2 aromatic heterocycles. The second-order valence-corrected chi connectivity index (χ2v) is 12.0. The molecule has 0 aliphatic carbocycles. The number of aromatic amines is 1. The van der Waals surface area contributed by atoms with Gasteiger partial charge in [0.2, 0.25) is 5.88 Å². The molecule has 10 nitrogen and oxygen atoms in total. The fraction of sp³-hybridized carbons (Fsp3) is 0.485. The summed E-state index contributed by atoms with van der Waals surface area (Å²) in [6.07, 6.45) is 3.67. The van der Waals surface area contributed by atoms with Crippen molar-refractivity contribution in [2.45, 2.75) is 57.9 Å². The van der Waals surface area contributed by atoms with E-state index in [-0.39, 0.29) is 12.1 Å². The van der Waals surface area contributed by atoms with Gasteiger partial charge in [-0.15, -0.1) is 0 Å². The van der Waals surface area contributed by atoms with E-state index in [1.165, 1.54) is 0 Å². The lowest BCUT2D eigenvalue weighted by atomic mass is 9.95. The molecule has 2 aromatic carbocycles. The number of amides is 1. The molecule has 0 spiro atoms. The number of hydrogen-bond donors (Lipinski definition) is 3. The minimum atomic E-state index is -0.460. The van der Waals surface area contributed by atoms with E-state index in [1.807, 2.05) is 36.4 Å². The Hall–Kier alpha value is -3.73. The standard InChI is InChI=1S/C33H42N4O6/c1-21-17-37(15-12-27(21)38)22(2)18-36-13-10-24(11-14-36)34-33(39)43-31-16-25-26(35-31)6-4-7-28(25)41-19-23-20-42-30-9-5-8-29(40-3)32(23)30/h4-9,16,20-22,24,27,35,38H,10-15,17-19H2,1-3H3,(H,34,39)/t21-,22-,27-/m0/s1. The fourth-order valence-corrected chi connectivity index (χ4v) is 6.44. The number of aliphatic hydroxyl groups is 1. The van der Waals surface area contributed by atoms with Crippen molar-refractivity contribution in [1.82, 2.24) is 20.1 Å². The van der Waals surface area contributed by atoms with Crippen molar-refractivity contribution in [1.29, 1.82) is 0 Å². The van der Waals surface area contributed by atoms with Gasteiger partial charge in [0, 0.05) is 61.8 Å². The lowest BCUT2D eigenvalue weighted by Gasteiger charge is -2.41. The first-order valence-corrected chi connectivity index (χ1v) is 15.3. The van der Waals surface area contributed by atoms with Crippen LogP contribution in [0, 0.1) is 5.92 Å². The molecule has 0 bridgehead atoms. The molecular weight excluding hydrogens is 548 g/mol. The molecule has 0 unspecified atom stereocenters. The number of hydrogen-bond acceptors (Lipinski definition) is 8. The van der Waals surface area contributed by atoms with Crippen molar-refractivity contribution in [3.05, 3.63) is 54.3 Å². The fourth-order valence-electron chi connectivity index (χ4n) is 6.44. The number of furan rings is 1. The molecule has 0 radical (unpaired) electrons. The van der Waals surface area contributed by atoms with E-state index in [1.54, 1.807) is 19.4 Å². The van der Waals surface area contributed by atoms with Crippen LogP contribution in [-0.4, -0.2) is 84.0 Å². The quantitative estimate of drug-likeness (QED) is 0.246. The van der Waals surface area contributed by atoms with Gasteiger partial charge in [-0.25, -0.2) is 4.79 Å². The second-order valence-electron chi connectivity index (χ2n) is 12.0. The van der Waals surface area contributed by atoms with Crippen LogP contribution in [0.2, 0.25) is 0 Å². The van der Waals surface area contributed by atoms with Gasteiger partial charge in [-0.05, 0) is 56.4 Å². The maximum atomic E-state index is 12.8. The summed E-state index contributed by atoms with van der Waals surface area (Å²) in [5.74, 6) is 2.09. The van der Waals surface area contributed by atoms with Crippen molar-refractivity contribution < 1.29 is 28.5 Å². The second kappa shape index (κ2) is 12.9. The van der Waals surface area contributed by atoms with Crippen LogP contribution in [0.4, 0.5) is 4.79 Å². The molecule has 4 aromatic rings. The highest BCUT2D eigenvalue weighted by molar-refractivity contribution is 5.89. The van der Waals surface area contributed by atoms with Gasteiger partial charge >= 0.3 is 6.09 Å². The van der Waals surface area contributed by atoms with E-state index in [0.29, 0.717) is 30.2 Å². The van der Waals surface area contributed by atoms with E-state index in [0.717, 1.165) is 85.2 Å². The normalized spacial score (nSPS) is 21.2. The summed E-state index contributed by atoms with van der Waals surface area (Å²) in [5, 5.41) is 14.8. The molecule has 1 amide bonds. The van der Waals surface area contributed by atoms with Crippen LogP contribution in [-0.2, 0) is 6.61 Å². The third-order valence-electron chi connectivity index (χ3n) is 8.99. The number of rotatable bonds is 9. The molecule has 2 fully saturated rings. The highest BCUT2D eigenvalue weighted by Gasteiger charge is 2.29. The molecule has 3 atom stereocenters. The smallest absolute Gasteiger partial charge is 0.414 e. The van der Waals surface area contributed by atoms with Gasteiger partial charge in [-0.3, -0.25) is 4.90 Å². The van der Waals surface area contributed by atoms with Gasteiger partial charge < -0.3 is 38.9 Å². The Balaban J connectivity index is 1.00. The summed E-state index contributed by atoms with van der Waals surface area (Å²) in [5.41, 5.74) is 2.45. The topological polar surface area (TPSA) is 112 Å². The molecule has 4 heterocycles. The number of benzene rings is 2. The number of carbonyl (C=O) groups excluding carboxylic acids is 1. The third kappa shape index (κ3) is 6.61. The van der Waals surface area contributed by atoms with Gasteiger partial charge in [0.25, 0.3) is 0 Å². The number of aromatic nitrogens is 1. The van der Waals surface area contributed by atoms with Gasteiger partial charge in [0.05, 0.1) is 30.4 Å². The van der Waals surface area contributed by atoms with Gasteiger partial charge in [0.1, 0.15) is 23.7 Å². The van der Waals surface area contributed by atoms with Crippen molar-refractivity contribution in [2.75, 3.05) is 39.8 Å². The van der Waals surface area contributed by atoms with E-state index < -0.39 is 6.09 Å². The first-order chi connectivity index (χ1) is 20.9. The first kappa shape index (κ1) is 29.3. The Kier molecular flexibility index (Phi) is 8.78. The summed E-state index contributed by atoms with van der Waals surface area (Å²) >= 11 is 0. The average Bonchev–Trinajstić information content (AvgIpc) is 3.62. The number of piperidine rings is 2. The summed E-state index contributed by atoms with van der Waals surface area (Å²) in [6, 6.07) is 13.7. The number of nitrogens with one attached hydrogen (secondary N) is 2. The molecule has 2 aliphatic rings. The SMILES string of the molecule is COc1cccc2occ(COc3cccc4[nH]c(OC(=O)NC5CCN(C[C@H](C)N6CC[C@H](O)[C@@H](C)C6)CC5)cc34)c12. The van der Waals surface area contributed by atoms with Crippen LogP contribution in [0.15, 0.2) is 53.1 Å². The number of fused-ring (bicyclic) bond motifs is 2. The van der Waals surface area contributed by atoms with Crippen molar-refractivity contribution in [3.63, 3.8) is 0 Å². The van der Waals surface area contributed by atoms with E-state index in [4.69, 9.17) is 18.6 Å². The van der Waals surface area contributed by atoms with E-state index in [9.17, 15) is 9.90 Å². The van der Waals surface area contributed by atoms with Crippen LogP contribution < -0.4 is 19.5 Å². The summed E-state index contributed by atoms with van der Waals surface area (Å²) < 4.78 is 23.0. The van der Waals surface area contributed by atoms with Crippen LogP contribution >= 0.6 is 0 Å². The Labute approximate surface area is 251 Å². The Morgan fingerprint density at radius 1 is 1.14 bits per heavy atom. The lowest BCUT2D eigenvalue weighted by Crippen LogP contribution is -2.52. The zero-order valence-corrected chi connectivity index (χ0v) is 25.2. The Morgan fingerprint density at radius 2 is 1.93 bits per heavy atom. The summed E-state index contributed by atoms with van der Waals surface area (Å²) in [7, 11) is 1.64. The third-order valence-corrected chi connectivity index (χ3v) is 8.99. The number of carbonyl (C=O) groups is 1. The zero-order chi connectivity index (χ0) is 29.9. The highest BCUT2D eigenvalue weighted by atomic mass is 16.6. The minimum Gasteiger partial charge on any atom is -0.496 e. The maximum absolute atomic E-state index is 12.8. The molecule has 3 N–H and O–H groups in total. The predicted octanol–water partition coefficient (Wildman–Crippen LogP) is 5.15. The summed E-state index contributed by atoms with van der Waals surface area (Å²) in [4.78, 5) is 20.9. The number of methoxy groups -OCH3 is 1. The molecule has 6 rings (SSSR count). The molecule has 2 saturated heterocycles. The summed E-state index contributed by atoms with van der Waals surface area (Å²) in [6.45, 7) is 9.48. The van der Waals surface area contributed by atoms with Crippen molar-refractivity contribution in [2.24, 2.45) is 5.92 Å². The van der Waals surface area contributed by atoms with Crippen molar-refractivity contribution in [3.8, 4) is 17.4 Å². The maximum Gasteiger partial charge on any atom is 0.414 e. The molecule has 230 valence electrons. The number of aliphatic hydroxyl groups excluding tert-OH is 1. The lowest BCUT2D eigenvalue weighted by molar-refractivity contribution is 0.0116. The van der Waals surface area contributed by atoms with Crippen LogP contribution in [0.3, 0.4) is 0 Å². The molecule has 10 heteroatoms. The van der Waals surface area contributed by atoms with Crippen molar-refractivity contribution >= 4 is 28.0 Å². The Bertz CT molecular complexity index is 1540. The largest absolute Gasteiger partial charge is 0.496 e. The molecular formula is C33H42N4O6.